The van der Waals surface area contributed by atoms with Gasteiger partial charge in [0.25, 0.3) is 5.91 Å². The summed E-state index contributed by atoms with van der Waals surface area (Å²) >= 11 is 0. The van der Waals surface area contributed by atoms with Gasteiger partial charge in [0.15, 0.2) is 6.04 Å². The van der Waals surface area contributed by atoms with E-state index in [1.807, 2.05) is 24.3 Å². The van der Waals surface area contributed by atoms with E-state index < -0.39 is 0 Å². The Labute approximate surface area is 173 Å². The Hall–Kier alpha value is -2.12. The minimum absolute atomic E-state index is 0.0100. The number of quaternary nitrogens is 2. The highest BCUT2D eigenvalue weighted by Gasteiger charge is 2.45. The summed E-state index contributed by atoms with van der Waals surface area (Å²) in [6.45, 7) is 10.3. The summed E-state index contributed by atoms with van der Waals surface area (Å²) in [4.78, 5) is 29.3. The first-order valence-electron chi connectivity index (χ1n) is 10.8. The number of nitrogens with zero attached hydrogens (tertiary/aromatic N) is 1. The van der Waals surface area contributed by atoms with Gasteiger partial charge in [0.2, 0.25) is 5.91 Å². The molecule has 2 aliphatic rings. The van der Waals surface area contributed by atoms with Crippen molar-refractivity contribution in [2.24, 2.45) is 5.92 Å². The molecule has 1 atom stereocenters. The maximum absolute atomic E-state index is 12.7. The number of benzene rings is 1. The van der Waals surface area contributed by atoms with Crippen LogP contribution in [0, 0.1) is 5.92 Å². The lowest BCUT2D eigenvalue weighted by Gasteiger charge is -2.32. The predicted octanol–water partition coefficient (Wildman–Crippen LogP) is -0.969. The maximum Gasteiger partial charge on any atom is 0.288 e. The van der Waals surface area contributed by atoms with Gasteiger partial charge in [0.05, 0.1) is 13.5 Å². The molecule has 7 nitrogen and oxygen atoms in total. The number of piperazine rings is 1. The smallest absolute Gasteiger partial charge is 0.288 e. The molecule has 2 heterocycles. The van der Waals surface area contributed by atoms with Crippen LogP contribution in [-0.4, -0.2) is 75.7 Å². The zero-order valence-corrected chi connectivity index (χ0v) is 17.9. The Morgan fingerprint density at radius 1 is 1.07 bits per heavy atom. The highest BCUT2D eigenvalue weighted by atomic mass is 16.5. The molecule has 29 heavy (non-hydrogen) atoms. The summed E-state index contributed by atoms with van der Waals surface area (Å²) in [6.07, 6.45) is 1.26. The third-order valence-corrected chi connectivity index (χ3v) is 6.05. The molecule has 0 aliphatic carbocycles. The van der Waals surface area contributed by atoms with Crippen LogP contribution in [0.1, 0.15) is 26.7 Å². The number of hydrogen-bond acceptors (Lipinski definition) is 4. The van der Waals surface area contributed by atoms with Crippen LogP contribution in [0.15, 0.2) is 24.3 Å². The van der Waals surface area contributed by atoms with E-state index in [1.54, 1.807) is 7.11 Å². The van der Waals surface area contributed by atoms with Gasteiger partial charge in [-0.1, -0.05) is 13.8 Å². The van der Waals surface area contributed by atoms with Gasteiger partial charge >= 0.3 is 0 Å². The van der Waals surface area contributed by atoms with E-state index >= 15 is 0 Å². The van der Waals surface area contributed by atoms with Crippen LogP contribution in [0.5, 0.6) is 11.5 Å². The summed E-state index contributed by atoms with van der Waals surface area (Å²) in [5.74, 6) is 2.22. The Bertz CT molecular complexity index is 684. The van der Waals surface area contributed by atoms with Crippen molar-refractivity contribution >= 4 is 11.8 Å². The van der Waals surface area contributed by atoms with E-state index in [0.29, 0.717) is 25.5 Å². The van der Waals surface area contributed by atoms with E-state index in [2.05, 4.69) is 13.8 Å². The normalized spacial score (nSPS) is 25.0. The first kappa shape index (κ1) is 21.6. The van der Waals surface area contributed by atoms with Gasteiger partial charge in [-0.25, -0.2) is 0 Å². The second kappa shape index (κ2) is 10.1. The highest BCUT2D eigenvalue weighted by molar-refractivity contribution is 6.04. The van der Waals surface area contributed by atoms with Gasteiger partial charge in [-0.3, -0.25) is 14.5 Å². The zero-order chi connectivity index (χ0) is 20.8. The van der Waals surface area contributed by atoms with Crippen molar-refractivity contribution < 1.29 is 28.9 Å². The summed E-state index contributed by atoms with van der Waals surface area (Å²) in [6, 6.07) is 7.46. The molecule has 1 aromatic carbocycles. The molecule has 2 fully saturated rings. The molecule has 0 aromatic heterocycles. The van der Waals surface area contributed by atoms with Crippen molar-refractivity contribution in [1.29, 1.82) is 0 Å². The summed E-state index contributed by atoms with van der Waals surface area (Å²) in [5.41, 5.74) is 0. The van der Waals surface area contributed by atoms with Gasteiger partial charge in [0.1, 0.15) is 50.8 Å². The average Bonchev–Trinajstić information content (AvgIpc) is 3.01. The Balaban J connectivity index is 1.39. The second-order valence-corrected chi connectivity index (χ2v) is 8.51. The molecule has 1 aromatic rings. The third kappa shape index (κ3) is 5.70. The maximum atomic E-state index is 12.7. The Kier molecular flexibility index (Phi) is 7.50. The van der Waals surface area contributed by atoms with Crippen LogP contribution in [0.25, 0.3) is 0 Å². The van der Waals surface area contributed by atoms with Crippen LogP contribution in [-0.2, 0) is 9.59 Å². The lowest BCUT2D eigenvalue weighted by molar-refractivity contribution is -1.02. The van der Waals surface area contributed by atoms with E-state index in [4.69, 9.17) is 9.47 Å². The summed E-state index contributed by atoms with van der Waals surface area (Å²) in [5, 5.41) is 0. The van der Waals surface area contributed by atoms with E-state index in [1.165, 1.54) is 14.7 Å². The molecule has 2 saturated heterocycles. The highest BCUT2D eigenvalue weighted by Crippen LogP contribution is 2.16. The molecular weight excluding hydrogens is 370 g/mol. The lowest BCUT2D eigenvalue weighted by Crippen LogP contribution is -3.30. The summed E-state index contributed by atoms with van der Waals surface area (Å²) < 4.78 is 11.0. The minimum Gasteiger partial charge on any atom is -0.497 e. The first-order chi connectivity index (χ1) is 14.0. The van der Waals surface area contributed by atoms with Crippen LogP contribution >= 0.6 is 0 Å². The molecule has 0 radical (unpaired) electrons. The molecule has 2 N–H and O–H groups in total. The Morgan fingerprint density at radius 2 is 1.72 bits per heavy atom. The number of hydrogen-bond donors (Lipinski definition) is 2. The van der Waals surface area contributed by atoms with Crippen molar-refractivity contribution in [2.75, 3.05) is 53.0 Å². The predicted molar refractivity (Wildman–Crippen MR) is 109 cm³/mol. The lowest BCUT2D eigenvalue weighted by atomic mass is 10.1. The molecule has 0 bridgehead atoms. The number of amides is 2. The molecule has 0 spiro atoms. The van der Waals surface area contributed by atoms with Crippen molar-refractivity contribution in [3.05, 3.63) is 24.3 Å². The number of ether oxygens (including phenoxy) is 2. The minimum atomic E-state index is -0.174. The quantitative estimate of drug-likeness (QED) is 0.519. The molecule has 0 saturated carbocycles. The fraction of sp³-hybridized carbons (Fsp3) is 0.636. The van der Waals surface area contributed by atoms with Gasteiger partial charge in [0, 0.05) is 6.54 Å². The number of carbonyl (C=O) groups is 2. The number of likely N-dealkylation sites (tertiary alicyclic amines) is 1. The van der Waals surface area contributed by atoms with Gasteiger partial charge in [-0.2, -0.15) is 0 Å². The van der Waals surface area contributed by atoms with Gasteiger partial charge in [-0.05, 0) is 36.6 Å². The molecule has 160 valence electrons. The largest absolute Gasteiger partial charge is 0.497 e. The number of rotatable bonds is 9. The zero-order valence-electron chi connectivity index (χ0n) is 17.9. The topological polar surface area (TPSA) is 64.7 Å². The number of methoxy groups -OCH3 is 1. The van der Waals surface area contributed by atoms with Crippen LogP contribution in [0.2, 0.25) is 0 Å². The van der Waals surface area contributed by atoms with E-state index in [0.717, 1.165) is 50.6 Å². The van der Waals surface area contributed by atoms with Crippen molar-refractivity contribution in [1.82, 2.24) is 4.90 Å². The number of carbonyl (C=O) groups excluding carboxylic acids is 2. The van der Waals surface area contributed by atoms with Gasteiger partial charge < -0.3 is 19.3 Å². The van der Waals surface area contributed by atoms with Crippen molar-refractivity contribution in [3.63, 3.8) is 0 Å². The number of nitrogens with one attached hydrogen (secondary N) is 2. The molecular formula is C22H35N3O4+2. The van der Waals surface area contributed by atoms with E-state index in [9.17, 15) is 9.59 Å². The molecule has 0 unspecified atom stereocenters. The first-order valence-corrected chi connectivity index (χ1v) is 10.8. The van der Waals surface area contributed by atoms with E-state index in [-0.39, 0.29) is 17.9 Å². The fourth-order valence-electron chi connectivity index (χ4n) is 4.13. The average molecular weight is 406 g/mol. The molecule has 7 heteroatoms. The summed E-state index contributed by atoms with van der Waals surface area (Å²) in [7, 11) is 1.65. The van der Waals surface area contributed by atoms with Crippen LogP contribution < -0.4 is 19.3 Å². The Morgan fingerprint density at radius 3 is 2.34 bits per heavy atom. The van der Waals surface area contributed by atoms with Crippen molar-refractivity contribution in [3.8, 4) is 11.5 Å². The SMILES string of the molecule is COc1ccc(OCC[NH+]2CC[NH+]([C@H]3CC(=O)N(CCC(C)C)C3=O)CC2)cc1. The van der Waals surface area contributed by atoms with Crippen LogP contribution in [0.3, 0.4) is 0 Å². The molecule has 3 rings (SSSR count). The molecule has 2 amide bonds. The standard InChI is InChI=1S/C22H33N3O4/c1-17(2)8-9-25-21(26)16-20(22(25)27)24-12-10-23(11-13-24)14-15-29-19-6-4-18(28-3)5-7-19/h4-7,17,20H,8-16H2,1-3H3/p+2/t20-/m0/s1. The molecule has 2 aliphatic heterocycles. The fourth-order valence-corrected chi connectivity index (χ4v) is 4.13. The van der Waals surface area contributed by atoms with Crippen molar-refractivity contribution in [2.45, 2.75) is 32.7 Å². The third-order valence-electron chi connectivity index (χ3n) is 6.05. The number of imide groups is 1. The monoisotopic (exact) mass is 405 g/mol. The van der Waals surface area contributed by atoms with Gasteiger partial charge in [-0.15, -0.1) is 0 Å². The van der Waals surface area contributed by atoms with Crippen LogP contribution in [0.4, 0.5) is 0 Å². The second-order valence-electron chi connectivity index (χ2n) is 8.51.